The number of nitrogens with zero attached hydrogens (tertiary/aromatic N) is 2. The van der Waals surface area contributed by atoms with Gasteiger partial charge in [-0.05, 0) is 35.4 Å². The lowest BCUT2D eigenvalue weighted by Crippen LogP contribution is -2.35. The van der Waals surface area contributed by atoms with Gasteiger partial charge >= 0.3 is 10.2 Å². The average molecular weight is 408 g/mol. The molecule has 148 valence electrons. The molecule has 1 aliphatic rings. The summed E-state index contributed by atoms with van der Waals surface area (Å²) in [5, 5.41) is 0. The lowest BCUT2D eigenvalue weighted by molar-refractivity contribution is 0.294. The quantitative estimate of drug-likeness (QED) is 0.642. The molecule has 3 aromatic carbocycles. The van der Waals surface area contributed by atoms with Gasteiger partial charge in [0.2, 0.25) is 5.90 Å². The summed E-state index contributed by atoms with van der Waals surface area (Å²) in [6.07, 6.45) is 0. The highest BCUT2D eigenvalue weighted by Crippen LogP contribution is 2.32. The molecule has 0 spiro atoms. The van der Waals surface area contributed by atoms with Gasteiger partial charge < -0.3 is 9.47 Å². The maximum absolute atomic E-state index is 12.9. The van der Waals surface area contributed by atoms with Crippen LogP contribution < -0.4 is 9.04 Å². The Labute approximate surface area is 170 Å². The second-order valence-corrected chi connectivity index (χ2v) is 8.04. The van der Waals surface area contributed by atoms with Gasteiger partial charge in [0.15, 0.2) is 0 Å². The first-order chi connectivity index (χ1) is 14.1. The Hall–Kier alpha value is -3.32. The standard InChI is InChI=1S/C22H20N2O4S/c1-27-19-13-11-17(12-14-19)15-24-21-10-6-5-9-20(21)22(23-29(24,25)26)28-16-18-7-3-2-4-8-18/h2-14H,15-16H2,1H3. The number of methoxy groups -OCH3 is 1. The Kier molecular flexibility index (Phi) is 5.22. The van der Waals surface area contributed by atoms with E-state index >= 15 is 0 Å². The molecule has 0 aliphatic carbocycles. The van der Waals surface area contributed by atoms with Crippen LogP contribution in [0.1, 0.15) is 16.7 Å². The number of ether oxygens (including phenoxy) is 2. The lowest BCUT2D eigenvalue weighted by Gasteiger charge is -2.28. The molecule has 0 aromatic heterocycles. The fourth-order valence-electron chi connectivity index (χ4n) is 3.09. The number of fused-ring (bicyclic) bond motifs is 1. The van der Waals surface area contributed by atoms with Crippen LogP contribution in [0.25, 0.3) is 0 Å². The molecule has 3 aromatic rings. The molecule has 7 heteroatoms. The minimum Gasteiger partial charge on any atom is -0.497 e. The lowest BCUT2D eigenvalue weighted by atomic mass is 10.1. The minimum atomic E-state index is -3.94. The Morgan fingerprint density at radius 2 is 1.55 bits per heavy atom. The first kappa shape index (κ1) is 19.0. The van der Waals surface area contributed by atoms with Crippen LogP contribution in [-0.2, 0) is 28.1 Å². The predicted octanol–water partition coefficient (Wildman–Crippen LogP) is 3.92. The Balaban J connectivity index is 1.64. The summed E-state index contributed by atoms with van der Waals surface area (Å²) in [6.45, 7) is 0.404. The molecule has 0 bridgehead atoms. The molecular weight excluding hydrogens is 388 g/mol. The topological polar surface area (TPSA) is 68.2 Å². The molecule has 0 unspecified atom stereocenters. The summed E-state index contributed by atoms with van der Waals surface area (Å²) >= 11 is 0. The number of benzene rings is 3. The van der Waals surface area contributed by atoms with Crippen LogP contribution in [0.5, 0.6) is 5.75 Å². The summed E-state index contributed by atoms with van der Waals surface area (Å²) in [5.74, 6) is 0.820. The van der Waals surface area contributed by atoms with E-state index < -0.39 is 10.2 Å². The zero-order chi connectivity index (χ0) is 20.3. The predicted molar refractivity (Wildman–Crippen MR) is 112 cm³/mol. The fraction of sp³-hybridized carbons (Fsp3) is 0.136. The molecule has 0 saturated carbocycles. The van der Waals surface area contributed by atoms with E-state index in [-0.39, 0.29) is 19.0 Å². The molecule has 0 N–H and O–H groups in total. The summed E-state index contributed by atoms with van der Waals surface area (Å²) in [6, 6.07) is 24.0. The molecule has 0 saturated heterocycles. The summed E-state index contributed by atoms with van der Waals surface area (Å²) in [4.78, 5) is 0. The third kappa shape index (κ3) is 4.09. The van der Waals surface area contributed by atoms with Crippen molar-refractivity contribution in [3.63, 3.8) is 0 Å². The maximum atomic E-state index is 12.9. The van der Waals surface area contributed by atoms with E-state index in [0.717, 1.165) is 11.1 Å². The molecule has 0 fully saturated rings. The van der Waals surface area contributed by atoms with Crippen molar-refractivity contribution in [1.82, 2.24) is 0 Å². The molecule has 0 radical (unpaired) electrons. The molecule has 1 aliphatic heterocycles. The van der Waals surface area contributed by atoms with Crippen molar-refractivity contribution in [2.75, 3.05) is 11.4 Å². The van der Waals surface area contributed by atoms with Gasteiger partial charge in [0.05, 0.1) is 24.9 Å². The molecule has 29 heavy (non-hydrogen) atoms. The van der Waals surface area contributed by atoms with Crippen LogP contribution in [0, 0.1) is 0 Å². The number of hydrogen-bond acceptors (Lipinski definition) is 4. The number of hydrogen-bond donors (Lipinski definition) is 0. The van der Waals surface area contributed by atoms with Crippen molar-refractivity contribution in [2.45, 2.75) is 13.2 Å². The van der Waals surface area contributed by atoms with E-state index in [0.29, 0.717) is 17.0 Å². The van der Waals surface area contributed by atoms with Gasteiger partial charge in [0.25, 0.3) is 0 Å². The van der Waals surface area contributed by atoms with Crippen molar-refractivity contribution in [3.05, 3.63) is 95.6 Å². The zero-order valence-corrected chi connectivity index (χ0v) is 16.7. The van der Waals surface area contributed by atoms with E-state index in [2.05, 4.69) is 4.40 Å². The molecule has 0 atom stereocenters. The van der Waals surface area contributed by atoms with Gasteiger partial charge in [-0.3, -0.25) is 0 Å². The van der Waals surface area contributed by atoms with Crippen LogP contribution in [-0.4, -0.2) is 21.4 Å². The van der Waals surface area contributed by atoms with Gasteiger partial charge in [-0.1, -0.05) is 54.6 Å². The van der Waals surface area contributed by atoms with Crippen molar-refractivity contribution in [3.8, 4) is 5.75 Å². The summed E-state index contributed by atoms with van der Waals surface area (Å²) in [7, 11) is -2.35. The van der Waals surface area contributed by atoms with Crippen LogP contribution >= 0.6 is 0 Å². The van der Waals surface area contributed by atoms with E-state index in [9.17, 15) is 8.42 Å². The smallest absolute Gasteiger partial charge is 0.348 e. The van der Waals surface area contributed by atoms with Crippen LogP contribution in [0.4, 0.5) is 5.69 Å². The van der Waals surface area contributed by atoms with Gasteiger partial charge in [-0.15, -0.1) is 4.40 Å². The van der Waals surface area contributed by atoms with E-state index in [1.54, 1.807) is 31.4 Å². The largest absolute Gasteiger partial charge is 0.497 e. The second kappa shape index (κ2) is 7.97. The highest BCUT2D eigenvalue weighted by molar-refractivity contribution is 7.91. The third-order valence-corrected chi connectivity index (χ3v) is 5.86. The van der Waals surface area contributed by atoms with Gasteiger partial charge in [-0.25, -0.2) is 4.31 Å². The normalized spacial score (nSPS) is 14.7. The molecule has 6 nitrogen and oxygen atoms in total. The second-order valence-electron chi connectivity index (χ2n) is 6.52. The Morgan fingerprint density at radius 1 is 0.862 bits per heavy atom. The first-order valence-electron chi connectivity index (χ1n) is 9.08. The Morgan fingerprint density at radius 3 is 2.28 bits per heavy atom. The molecule has 0 amide bonds. The van der Waals surface area contributed by atoms with E-state index in [1.165, 1.54) is 4.31 Å². The van der Waals surface area contributed by atoms with Crippen molar-refractivity contribution in [2.24, 2.45) is 4.40 Å². The van der Waals surface area contributed by atoms with Gasteiger partial charge in [0, 0.05) is 0 Å². The van der Waals surface area contributed by atoms with Crippen molar-refractivity contribution >= 4 is 21.8 Å². The van der Waals surface area contributed by atoms with Crippen LogP contribution in [0.15, 0.2) is 83.3 Å². The number of para-hydroxylation sites is 1. The third-order valence-electron chi connectivity index (χ3n) is 4.58. The monoisotopic (exact) mass is 408 g/mol. The van der Waals surface area contributed by atoms with Crippen LogP contribution in [0.2, 0.25) is 0 Å². The summed E-state index contributed by atoms with van der Waals surface area (Å²) in [5.41, 5.74) is 2.95. The number of rotatable bonds is 5. The van der Waals surface area contributed by atoms with Crippen molar-refractivity contribution < 1.29 is 17.9 Å². The van der Waals surface area contributed by atoms with Gasteiger partial charge in [0.1, 0.15) is 12.4 Å². The zero-order valence-electron chi connectivity index (χ0n) is 15.9. The van der Waals surface area contributed by atoms with E-state index in [4.69, 9.17) is 9.47 Å². The highest BCUT2D eigenvalue weighted by Gasteiger charge is 2.32. The molecular formula is C22H20N2O4S. The van der Waals surface area contributed by atoms with Crippen LogP contribution in [0.3, 0.4) is 0 Å². The summed E-state index contributed by atoms with van der Waals surface area (Å²) < 4.78 is 42.0. The highest BCUT2D eigenvalue weighted by atomic mass is 32.2. The minimum absolute atomic E-state index is 0.107. The fourth-order valence-corrected chi connectivity index (χ4v) is 4.27. The van der Waals surface area contributed by atoms with Crippen molar-refractivity contribution in [1.29, 1.82) is 0 Å². The Bertz CT molecular complexity index is 1130. The van der Waals surface area contributed by atoms with E-state index in [1.807, 2.05) is 54.6 Å². The average Bonchev–Trinajstić information content (AvgIpc) is 2.75. The van der Waals surface area contributed by atoms with Gasteiger partial charge in [-0.2, -0.15) is 8.42 Å². The molecule has 4 rings (SSSR count). The number of anilines is 1. The first-order valence-corrected chi connectivity index (χ1v) is 10.5. The molecule has 1 heterocycles. The SMILES string of the molecule is COc1ccc(CN2c3ccccc3C(OCc3ccccc3)=NS2(=O)=O)cc1. The maximum Gasteiger partial charge on any atom is 0.348 e.